The van der Waals surface area contributed by atoms with Crippen LogP contribution in [0.5, 0.6) is 17.2 Å². The number of rotatable bonds is 30. The molecule has 0 N–H and O–H groups in total. The van der Waals surface area contributed by atoms with Gasteiger partial charge in [-0.1, -0.05) is 121 Å². The highest BCUT2D eigenvalue weighted by Gasteiger charge is 2.08. The molecule has 0 aliphatic carbocycles. The fraction of sp³-hybridized carbons (Fsp3) is 0.568. The molecule has 3 aromatic carbocycles. The van der Waals surface area contributed by atoms with Crippen molar-refractivity contribution in [3.05, 3.63) is 78.4 Å². The number of ether oxygens (including phenoxy) is 4. The molecule has 276 valence electrons. The highest BCUT2D eigenvalue weighted by Crippen LogP contribution is 2.25. The Morgan fingerprint density at radius 3 is 1.20 bits per heavy atom. The van der Waals surface area contributed by atoms with Crippen LogP contribution in [-0.4, -0.2) is 38.1 Å². The summed E-state index contributed by atoms with van der Waals surface area (Å²) in [4.78, 5) is 12.4. The van der Waals surface area contributed by atoms with E-state index < -0.39 is 0 Å². The van der Waals surface area contributed by atoms with Gasteiger partial charge in [0, 0.05) is 0 Å². The average Bonchev–Trinajstić information content (AvgIpc) is 3.15. The molecule has 0 saturated carbocycles. The van der Waals surface area contributed by atoms with Crippen molar-refractivity contribution >= 4 is 18.6 Å². The summed E-state index contributed by atoms with van der Waals surface area (Å²) in [5.74, 6) is 3.28. The van der Waals surface area contributed by atoms with Crippen molar-refractivity contribution in [2.24, 2.45) is 0 Å². The van der Waals surface area contributed by atoms with Gasteiger partial charge in [-0.2, -0.15) is 12.6 Å². The van der Waals surface area contributed by atoms with Crippen LogP contribution in [0.1, 0.15) is 139 Å². The molecule has 0 fully saturated rings. The Kier molecular flexibility index (Phi) is 22.8. The topological polar surface area (TPSA) is 54.0 Å². The van der Waals surface area contributed by atoms with Gasteiger partial charge in [-0.25, -0.2) is 4.79 Å². The van der Waals surface area contributed by atoms with Crippen LogP contribution in [-0.2, 0) is 4.74 Å². The first-order valence-electron chi connectivity index (χ1n) is 19.7. The molecule has 0 amide bonds. The first-order chi connectivity index (χ1) is 24.7. The van der Waals surface area contributed by atoms with Crippen molar-refractivity contribution in [3.63, 3.8) is 0 Å². The molecule has 0 spiro atoms. The number of hydrogen-bond donors (Lipinski definition) is 1. The van der Waals surface area contributed by atoms with E-state index in [0.717, 1.165) is 66.4 Å². The third kappa shape index (κ3) is 18.8. The van der Waals surface area contributed by atoms with Crippen LogP contribution < -0.4 is 14.2 Å². The molecular formula is C44H64O5S. The van der Waals surface area contributed by atoms with Crippen molar-refractivity contribution < 1.29 is 23.7 Å². The van der Waals surface area contributed by atoms with Crippen molar-refractivity contribution in [2.75, 3.05) is 32.2 Å². The van der Waals surface area contributed by atoms with Gasteiger partial charge in [-0.3, -0.25) is 0 Å². The zero-order chi connectivity index (χ0) is 35.3. The fourth-order valence-corrected chi connectivity index (χ4v) is 6.11. The number of benzene rings is 3. The van der Waals surface area contributed by atoms with E-state index in [-0.39, 0.29) is 5.97 Å². The molecule has 5 nitrogen and oxygen atoms in total. The van der Waals surface area contributed by atoms with E-state index in [2.05, 4.69) is 56.0 Å². The van der Waals surface area contributed by atoms with Gasteiger partial charge in [0.05, 0.1) is 32.0 Å². The summed E-state index contributed by atoms with van der Waals surface area (Å²) in [7, 11) is 0. The largest absolute Gasteiger partial charge is 0.494 e. The molecular weight excluding hydrogens is 641 g/mol. The standard InChI is InChI=1S/C44H64O5S/c1-2-3-4-5-6-10-13-16-34-47-43-31-25-40(26-32-43)44(45)49-36-19-18-35-48-42-29-23-39(24-30-42)38-21-27-41(28-22-38)46-33-17-14-11-8-7-9-12-15-20-37-50/h21-32,50H,2-20,33-37H2,1H3. The Labute approximate surface area is 309 Å². The predicted molar refractivity (Wildman–Crippen MR) is 212 cm³/mol. The minimum absolute atomic E-state index is 0.303. The second-order valence-electron chi connectivity index (χ2n) is 13.3. The van der Waals surface area contributed by atoms with E-state index in [1.807, 2.05) is 24.3 Å². The van der Waals surface area contributed by atoms with Crippen LogP contribution in [0.2, 0.25) is 0 Å². The van der Waals surface area contributed by atoms with Crippen LogP contribution >= 0.6 is 12.6 Å². The van der Waals surface area contributed by atoms with Crippen LogP contribution in [0.3, 0.4) is 0 Å². The number of carbonyl (C=O) groups is 1. The molecule has 0 heterocycles. The molecule has 0 aliphatic heterocycles. The molecule has 3 aromatic rings. The van der Waals surface area contributed by atoms with Crippen molar-refractivity contribution in [2.45, 2.75) is 129 Å². The number of esters is 1. The van der Waals surface area contributed by atoms with Crippen molar-refractivity contribution in [1.82, 2.24) is 0 Å². The molecule has 0 aromatic heterocycles. The van der Waals surface area contributed by atoms with E-state index in [4.69, 9.17) is 18.9 Å². The average molecular weight is 705 g/mol. The van der Waals surface area contributed by atoms with E-state index >= 15 is 0 Å². The van der Waals surface area contributed by atoms with E-state index in [1.54, 1.807) is 12.1 Å². The molecule has 3 rings (SSSR count). The fourth-order valence-electron chi connectivity index (χ4n) is 5.88. The van der Waals surface area contributed by atoms with E-state index in [9.17, 15) is 4.79 Å². The second kappa shape index (κ2) is 27.6. The lowest BCUT2D eigenvalue weighted by Gasteiger charge is -2.10. The smallest absolute Gasteiger partial charge is 0.338 e. The maximum Gasteiger partial charge on any atom is 0.338 e. The molecule has 0 saturated heterocycles. The molecule has 0 bridgehead atoms. The number of carbonyl (C=O) groups excluding carboxylic acids is 1. The Hall–Kier alpha value is -3.12. The number of unbranched alkanes of at least 4 members (excludes halogenated alkanes) is 16. The normalized spacial score (nSPS) is 11.0. The minimum Gasteiger partial charge on any atom is -0.494 e. The zero-order valence-corrected chi connectivity index (χ0v) is 31.8. The third-order valence-corrected chi connectivity index (χ3v) is 9.33. The van der Waals surface area contributed by atoms with Gasteiger partial charge in [-0.05, 0) is 97.5 Å². The second-order valence-corrected chi connectivity index (χ2v) is 13.8. The minimum atomic E-state index is -0.303. The van der Waals surface area contributed by atoms with Gasteiger partial charge in [0.25, 0.3) is 0 Å². The summed E-state index contributed by atoms with van der Waals surface area (Å²) in [6.45, 7) is 4.69. The Morgan fingerprint density at radius 2 is 0.780 bits per heavy atom. The molecule has 50 heavy (non-hydrogen) atoms. The van der Waals surface area contributed by atoms with Gasteiger partial charge in [0.2, 0.25) is 0 Å². The van der Waals surface area contributed by atoms with Gasteiger partial charge in [0.1, 0.15) is 17.2 Å². The highest BCUT2D eigenvalue weighted by atomic mass is 32.1. The van der Waals surface area contributed by atoms with Crippen LogP contribution in [0.4, 0.5) is 0 Å². The summed E-state index contributed by atoms with van der Waals surface area (Å²) < 4.78 is 23.2. The van der Waals surface area contributed by atoms with Crippen molar-refractivity contribution in [3.8, 4) is 28.4 Å². The Bertz CT molecular complexity index is 1240. The maximum absolute atomic E-state index is 12.4. The Balaban J connectivity index is 1.19. The number of thiol groups is 1. The summed E-state index contributed by atoms with van der Waals surface area (Å²) in [6.07, 6.45) is 23.4. The summed E-state index contributed by atoms with van der Waals surface area (Å²) in [5.41, 5.74) is 2.84. The summed E-state index contributed by atoms with van der Waals surface area (Å²) in [5, 5.41) is 0. The summed E-state index contributed by atoms with van der Waals surface area (Å²) in [6, 6.07) is 23.8. The van der Waals surface area contributed by atoms with Gasteiger partial charge < -0.3 is 18.9 Å². The van der Waals surface area contributed by atoms with Gasteiger partial charge >= 0.3 is 5.97 Å². The third-order valence-electron chi connectivity index (χ3n) is 9.01. The van der Waals surface area contributed by atoms with Gasteiger partial charge in [-0.15, -0.1) is 0 Å². The SMILES string of the molecule is CCCCCCCCCCOc1ccc(C(=O)OCCCCOc2ccc(-c3ccc(OCCCCCCCCCCCS)cc3)cc2)cc1. The van der Waals surface area contributed by atoms with E-state index in [1.165, 1.54) is 96.3 Å². The van der Waals surface area contributed by atoms with E-state index in [0.29, 0.717) is 25.4 Å². The van der Waals surface area contributed by atoms with Crippen LogP contribution in [0.15, 0.2) is 72.8 Å². The van der Waals surface area contributed by atoms with Crippen LogP contribution in [0.25, 0.3) is 11.1 Å². The summed E-state index contributed by atoms with van der Waals surface area (Å²) >= 11 is 4.28. The Morgan fingerprint density at radius 1 is 0.440 bits per heavy atom. The maximum atomic E-state index is 12.4. The lowest BCUT2D eigenvalue weighted by Crippen LogP contribution is -2.08. The molecule has 0 atom stereocenters. The zero-order valence-electron chi connectivity index (χ0n) is 30.9. The highest BCUT2D eigenvalue weighted by molar-refractivity contribution is 7.80. The molecule has 6 heteroatoms. The number of hydrogen-bond acceptors (Lipinski definition) is 6. The molecule has 0 aliphatic rings. The first-order valence-corrected chi connectivity index (χ1v) is 20.3. The van der Waals surface area contributed by atoms with Crippen molar-refractivity contribution in [1.29, 1.82) is 0 Å². The van der Waals surface area contributed by atoms with Crippen LogP contribution in [0, 0.1) is 0 Å². The molecule has 0 radical (unpaired) electrons. The lowest BCUT2D eigenvalue weighted by molar-refractivity contribution is 0.0494. The predicted octanol–water partition coefficient (Wildman–Crippen LogP) is 12.7. The quantitative estimate of drug-likeness (QED) is 0.0425. The monoisotopic (exact) mass is 704 g/mol. The van der Waals surface area contributed by atoms with Gasteiger partial charge in [0.15, 0.2) is 0 Å². The first kappa shape index (κ1) is 41.3. The molecule has 0 unspecified atom stereocenters. The lowest BCUT2D eigenvalue weighted by atomic mass is 10.1.